The molecule has 1 atom stereocenters. The molecule has 0 radical (unpaired) electrons. The molecule has 1 aliphatic carbocycles. The molecule has 8 heteroatoms. The van der Waals surface area contributed by atoms with E-state index in [9.17, 15) is 13.2 Å². The number of sulfone groups is 1. The third-order valence-corrected chi connectivity index (χ3v) is 4.96. The van der Waals surface area contributed by atoms with Gasteiger partial charge in [0.2, 0.25) is 5.91 Å². The van der Waals surface area contributed by atoms with Crippen molar-refractivity contribution in [1.82, 2.24) is 5.32 Å². The minimum absolute atomic E-state index is 0. The molecule has 1 aromatic carbocycles. The van der Waals surface area contributed by atoms with E-state index in [4.69, 9.17) is 10.5 Å². The number of ether oxygens (including phenoxy) is 1. The molecule has 0 spiro atoms. The maximum atomic E-state index is 11.7. The quantitative estimate of drug-likeness (QED) is 0.637. The molecular weight excluding hydrogens is 352 g/mol. The molecule has 3 N–H and O–H groups in total. The number of carbonyl (C=O) groups is 1. The molecule has 136 valence electrons. The molecule has 6 nitrogen and oxygen atoms in total. The minimum Gasteiger partial charge on any atom is -0.494 e. The Morgan fingerprint density at radius 2 is 1.96 bits per heavy atom. The van der Waals surface area contributed by atoms with Crippen molar-refractivity contribution in [2.75, 3.05) is 19.4 Å². The predicted octanol–water partition coefficient (Wildman–Crippen LogP) is 1.52. The average Bonchev–Trinajstić information content (AvgIpc) is 3.33. The highest BCUT2D eigenvalue weighted by atomic mass is 35.5. The number of hydrogen-bond acceptors (Lipinski definition) is 5. The van der Waals surface area contributed by atoms with E-state index in [0.717, 1.165) is 6.26 Å². The van der Waals surface area contributed by atoms with E-state index in [1.807, 2.05) is 0 Å². The summed E-state index contributed by atoms with van der Waals surface area (Å²) >= 11 is 0. The van der Waals surface area contributed by atoms with Gasteiger partial charge in [0.1, 0.15) is 5.75 Å². The minimum atomic E-state index is -3.19. The fourth-order valence-electron chi connectivity index (χ4n) is 2.22. The van der Waals surface area contributed by atoms with E-state index in [-0.39, 0.29) is 29.3 Å². The van der Waals surface area contributed by atoms with Crippen LogP contribution < -0.4 is 15.8 Å². The van der Waals surface area contributed by atoms with Gasteiger partial charge in [0.05, 0.1) is 11.5 Å². The SMILES string of the molecule is CS(=O)(=O)c1ccc(OCCCC(=O)NCC(N)C2CC2)cc1.Cl. The zero-order chi connectivity index (χ0) is 16.9. The van der Waals surface area contributed by atoms with Crippen molar-refractivity contribution in [3.63, 3.8) is 0 Å². The molecule has 1 amide bonds. The van der Waals surface area contributed by atoms with Crippen molar-refractivity contribution >= 4 is 28.2 Å². The molecule has 1 aromatic rings. The second-order valence-corrected chi connectivity index (χ2v) is 8.02. The van der Waals surface area contributed by atoms with E-state index in [1.54, 1.807) is 12.1 Å². The van der Waals surface area contributed by atoms with Gasteiger partial charge in [-0.2, -0.15) is 0 Å². The molecule has 0 heterocycles. The number of amides is 1. The number of halogens is 1. The number of nitrogens with two attached hydrogens (primary N) is 1. The van der Waals surface area contributed by atoms with Crippen LogP contribution in [-0.2, 0) is 14.6 Å². The van der Waals surface area contributed by atoms with Crippen LogP contribution in [0.25, 0.3) is 0 Å². The van der Waals surface area contributed by atoms with Crippen molar-refractivity contribution in [2.45, 2.75) is 36.6 Å². The van der Waals surface area contributed by atoms with Gasteiger partial charge >= 0.3 is 0 Å². The fraction of sp³-hybridized carbons (Fsp3) is 0.562. The first-order chi connectivity index (χ1) is 10.9. The molecule has 1 unspecified atom stereocenters. The third-order valence-electron chi connectivity index (χ3n) is 3.83. The lowest BCUT2D eigenvalue weighted by Gasteiger charge is -2.11. The first kappa shape index (κ1) is 20.7. The summed E-state index contributed by atoms with van der Waals surface area (Å²) in [5.41, 5.74) is 5.92. The van der Waals surface area contributed by atoms with Gasteiger partial charge < -0.3 is 15.8 Å². The molecule has 1 fully saturated rings. The Balaban J connectivity index is 0.00000288. The molecule has 1 aliphatic rings. The predicted molar refractivity (Wildman–Crippen MR) is 95.2 cm³/mol. The highest BCUT2D eigenvalue weighted by Gasteiger charge is 2.28. The number of benzene rings is 1. The summed E-state index contributed by atoms with van der Waals surface area (Å²) in [6.45, 7) is 0.942. The Morgan fingerprint density at radius 1 is 1.33 bits per heavy atom. The van der Waals surface area contributed by atoms with Crippen LogP contribution in [0.5, 0.6) is 5.75 Å². The number of nitrogens with one attached hydrogen (secondary N) is 1. The van der Waals surface area contributed by atoms with Gasteiger partial charge in [0.25, 0.3) is 0 Å². The number of rotatable bonds is 9. The molecule has 24 heavy (non-hydrogen) atoms. The van der Waals surface area contributed by atoms with Gasteiger partial charge in [-0.15, -0.1) is 12.4 Å². The Bertz CT molecular complexity index is 630. The molecule has 1 saturated carbocycles. The van der Waals surface area contributed by atoms with Crippen molar-refractivity contribution < 1.29 is 17.9 Å². The lowest BCUT2D eigenvalue weighted by atomic mass is 10.2. The molecule has 0 bridgehead atoms. The van der Waals surface area contributed by atoms with E-state index in [0.29, 0.717) is 37.7 Å². The summed E-state index contributed by atoms with van der Waals surface area (Å²) in [6.07, 6.45) is 4.49. The lowest BCUT2D eigenvalue weighted by molar-refractivity contribution is -0.121. The van der Waals surface area contributed by atoms with Crippen LogP contribution in [0.1, 0.15) is 25.7 Å². The molecular formula is C16H25ClN2O4S. The van der Waals surface area contributed by atoms with Gasteiger partial charge in [-0.3, -0.25) is 4.79 Å². The zero-order valence-electron chi connectivity index (χ0n) is 13.7. The van der Waals surface area contributed by atoms with Gasteiger partial charge in [-0.25, -0.2) is 8.42 Å². The Labute approximate surface area is 149 Å². The van der Waals surface area contributed by atoms with E-state index >= 15 is 0 Å². The van der Waals surface area contributed by atoms with Crippen LogP contribution in [0.2, 0.25) is 0 Å². The first-order valence-electron chi connectivity index (χ1n) is 7.81. The third kappa shape index (κ3) is 7.07. The smallest absolute Gasteiger partial charge is 0.220 e. The second kappa shape index (κ2) is 9.25. The van der Waals surface area contributed by atoms with Crippen LogP contribution in [-0.4, -0.2) is 39.8 Å². The first-order valence-corrected chi connectivity index (χ1v) is 9.70. The van der Waals surface area contributed by atoms with Crippen molar-refractivity contribution in [3.05, 3.63) is 24.3 Å². The van der Waals surface area contributed by atoms with Crippen molar-refractivity contribution in [2.24, 2.45) is 11.7 Å². The lowest BCUT2D eigenvalue weighted by Crippen LogP contribution is -2.38. The highest BCUT2D eigenvalue weighted by Crippen LogP contribution is 2.31. The van der Waals surface area contributed by atoms with Crippen LogP contribution in [0.3, 0.4) is 0 Å². The standard InChI is InChI=1S/C16H24N2O4S.ClH/c1-23(20,21)14-8-6-13(7-9-14)22-10-2-3-16(19)18-11-15(17)12-4-5-12;/h6-9,12,15H,2-5,10-11,17H2,1H3,(H,18,19);1H. The maximum absolute atomic E-state index is 11.7. The summed E-state index contributed by atoms with van der Waals surface area (Å²) in [6, 6.07) is 6.33. The summed E-state index contributed by atoms with van der Waals surface area (Å²) in [5, 5.41) is 2.84. The highest BCUT2D eigenvalue weighted by molar-refractivity contribution is 7.90. The monoisotopic (exact) mass is 376 g/mol. The van der Waals surface area contributed by atoms with Gasteiger partial charge in [-0.05, 0) is 49.4 Å². The van der Waals surface area contributed by atoms with Crippen molar-refractivity contribution in [1.29, 1.82) is 0 Å². The molecule has 0 aliphatic heterocycles. The van der Waals surface area contributed by atoms with Crippen LogP contribution in [0.4, 0.5) is 0 Å². The number of hydrogen-bond donors (Lipinski definition) is 2. The Morgan fingerprint density at radius 3 is 2.50 bits per heavy atom. The Kier molecular flexibility index (Phi) is 7.99. The second-order valence-electron chi connectivity index (χ2n) is 6.00. The Hall–Kier alpha value is -1.31. The largest absolute Gasteiger partial charge is 0.494 e. The van der Waals surface area contributed by atoms with Gasteiger partial charge in [-0.1, -0.05) is 0 Å². The van der Waals surface area contributed by atoms with Crippen molar-refractivity contribution in [3.8, 4) is 5.75 Å². The zero-order valence-corrected chi connectivity index (χ0v) is 15.4. The number of carbonyl (C=O) groups excluding carboxylic acids is 1. The fourth-order valence-corrected chi connectivity index (χ4v) is 2.85. The van der Waals surface area contributed by atoms with Crippen LogP contribution >= 0.6 is 12.4 Å². The normalized spacial score (nSPS) is 15.2. The molecule has 0 saturated heterocycles. The summed E-state index contributed by atoms with van der Waals surface area (Å²) in [4.78, 5) is 11.9. The molecule has 0 aromatic heterocycles. The summed E-state index contributed by atoms with van der Waals surface area (Å²) < 4.78 is 28.2. The summed E-state index contributed by atoms with van der Waals surface area (Å²) in [5.74, 6) is 1.15. The van der Waals surface area contributed by atoms with Gasteiger partial charge in [0.15, 0.2) is 9.84 Å². The topological polar surface area (TPSA) is 98.5 Å². The average molecular weight is 377 g/mol. The van der Waals surface area contributed by atoms with E-state index < -0.39 is 9.84 Å². The maximum Gasteiger partial charge on any atom is 0.220 e. The van der Waals surface area contributed by atoms with Crippen LogP contribution in [0, 0.1) is 5.92 Å². The summed E-state index contributed by atoms with van der Waals surface area (Å²) in [7, 11) is -3.19. The van der Waals surface area contributed by atoms with Crippen LogP contribution in [0.15, 0.2) is 29.2 Å². The van der Waals surface area contributed by atoms with E-state index in [2.05, 4.69) is 5.32 Å². The molecule has 2 rings (SSSR count). The van der Waals surface area contributed by atoms with Gasteiger partial charge in [0, 0.05) is 25.3 Å². The van der Waals surface area contributed by atoms with E-state index in [1.165, 1.54) is 25.0 Å².